The Morgan fingerprint density at radius 3 is 2.70 bits per heavy atom. The summed E-state index contributed by atoms with van der Waals surface area (Å²) in [6, 6.07) is 3.11. The number of fused-ring (bicyclic) bond motifs is 1. The van der Waals surface area contributed by atoms with Crippen molar-refractivity contribution in [3.63, 3.8) is 0 Å². The first-order valence-corrected chi connectivity index (χ1v) is 8.96. The fourth-order valence-electron chi connectivity index (χ4n) is 4.34. The zero-order valence-corrected chi connectivity index (χ0v) is 14.6. The molecule has 2 aliphatic heterocycles. The van der Waals surface area contributed by atoms with E-state index in [0.717, 1.165) is 25.9 Å². The van der Waals surface area contributed by atoms with Crippen molar-refractivity contribution < 1.29 is 19.1 Å². The molecule has 2 fully saturated rings. The number of benzene rings is 1. The largest absolute Gasteiger partial charge is 0.480 e. The number of hydrogen-bond acceptors (Lipinski definition) is 4. The molecule has 1 atom stereocenters. The second-order valence-electron chi connectivity index (χ2n) is 7.44. The number of para-hydroxylation sites is 1. The SMILES string of the molecule is O=C(O)[C@@H]1CC2(CCNCC2)CN1C(=O)c1c[nH]c2c(F)cccc2c1=O. The molecule has 4 rings (SSSR count). The Bertz CT molecular complexity index is 981. The van der Waals surface area contributed by atoms with Crippen molar-refractivity contribution in [3.05, 3.63) is 46.0 Å². The van der Waals surface area contributed by atoms with Gasteiger partial charge in [0.15, 0.2) is 0 Å². The summed E-state index contributed by atoms with van der Waals surface area (Å²) < 4.78 is 13.9. The van der Waals surface area contributed by atoms with E-state index in [1.165, 1.54) is 29.3 Å². The number of halogens is 1. The van der Waals surface area contributed by atoms with E-state index in [2.05, 4.69) is 10.3 Å². The summed E-state index contributed by atoms with van der Waals surface area (Å²) in [6.45, 7) is 1.87. The van der Waals surface area contributed by atoms with Crippen LogP contribution in [0.15, 0.2) is 29.2 Å². The minimum Gasteiger partial charge on any atom is -0.480 e. The summed E-state index contributed by atoms with van der Waals surface area (Å²) in [5, 5.41) is 12.9. The third-order valence-corrected chi connectivity index (χ3v) is 5.81. The van der Waals surface area contributed by atoms with Gasteiger partial charge in [-0.1, -0.05) is 6.07 Å². The lowest BCUT2D eigenvalue weighted by atomic mass is 9.77. The lowest BCUT2D eigenvalue weighted by Crippen LogP contribution is -2.43. The summed E-state index contributed by atoms with van der Waals surface area (Å²) in [4.78, 5) is 41.5. The molecule has 1 aromatic carbocycles. The van der Waals surface area contributed by atoms with Gasteiger partial charge in [-0.15, -0.1) is 0 Å². The third-order valence-electron chi connectivity index (χ3n) is 5.81. The van der Waals surface area contributed by atoms with Crippen LogP contribution in [0.4, 0.5) is 4.39 Å². The van der Waals surface area contributed by atoms with Gasteiger partial charge in [0.1, 0.15) is 17.4 Å². The number of aromatic amines is 1. The van der Waals surface area contributed by atoms with Gasteiger partial charge in [0.05, 0.1) is 5.52 Å². The molecule has 0 radical (unpaired) electrons. The van der Waals surface area contributed by atoms with E-state index in [9.17, 15) is 23.9 Å². The Balaban J connectivity index is 1.73. The average molecular weight is 373 g/mol. The van der Waals surface area contributed by atoms with Gasteiger partial charge in [0.25, 0.3) is 5.91 Å². The van der Waals surface area contributed by atoms with Gasteiger partial charge in [-0.05, 0) is 49.9 Å². The standard InChI is InChI=1S/C19H20FN3O4/c20-13-3-1-2-11-15(13)22-9-12(16(11)24)17(25)23-10-19(4-6-21-7-5-19)8-14(23)18(26)27/h1-3,9,14,21H,4-8,10H2,(H,22,24)(H,26,27)/t14-/m0/s1. The number of rotatable bonds is 2. The molecule has 8 heteroatoms. The van der Waals surface area contributed by atoms with Crippen molar-refractivity contribution in [2.75, 3.05) is 19.6 Å². The fraction of sp³-hybridized carbons (Fsp3) is 0.421. The Labute approximate surface area is 154 Å². The lowest BCUT2D eigenvalue weighted by Gasteiger charge is -2.33. The van der Waals surface area contributed by atoms with Gasteiger partial charge >= 0.3 is 5.97 Å². The van der Waals surface area contributed by atoms with Gasteiger partial charge in [-0.2, -0.15) is 0 Å². The van der Waals surface area contributed by atoms with Crippen LogP contribution in [-0.2, 0) is 4.79 Å². The van der Waals surface area contributed by atoms with Gasteiger partial charge in [0.2, 0.25) is 5.43 Å². The smallest absolute Gasteiger partial charge is 0.326 e. The highest BCUT2D eigenvalue weighted by Crippen LogP contribution is 2.42. The van der Waals surface area contributed by atoms with Gasteiger partial charge in [0, 0.05) is 18.1 Å². The molecular weight excluding hydrogens is 353 g/mol. The number of nitrogens with zero attached hydrogens (tertiary/aromatic N) is 1. The molecule has 27 heavy (non-hydrogen) atoms. The number of amides is 1. The van der Waals surface area contributed by atoms with Crippen LogP contribution in [-0.4, -0.2) is 52.5 Å². The van der Waals surface area contributed by atoms with Crippen LogP contribution >= 0.6 is 0 Å². The predicted octanol–water partition coefficient (Wildman–Crippen LogP) is 1.34. The molecule has 3 N–H and O–H groups in total. The Morgan fingerprint density at radius 1 is 1.26 bits per heavy atom. The molecule has 142 valence electrons. The van der Waals surface area contributed by atoms with Crippen molar-refractivity contribution in [1.82, 2.24) is 15.2 Å². The number of piperidine rings is 1. The number of carboxylic acids is 1. The van der Waals surface area contributed by atoms with E-state index in [-0.39, 0.29) is 21.9 Å². The van der Waals surface area contributed by atoms with E-state index in [1.54, 1.807) is 0 Å². The van der Waals surface area contributed by atoms with Crippen molar-refractivity contribution in [3.8, 4) is 0 Å². The fourth-order valence-corrected chi connectivity index (χ4v) is 4.34. The highest BCUT2D eigenvalue weighted by Gasteiger charge is 2.49. The summed E-state index contributed by atoms with van der Waals surface area (Å²) in [5.74, 6) is -2.27. The molecule has 2 aromatic rings. The summed E-state index contributed by atoms with van der Waals surface area (Å²) in [6.07, 6.45) is 3.15. The van der Waals surface area contributed by atoms with Crippen molar-refractivity contribution in [1.29, 1.82) is 0 Å². The maximum atomic E-state index is 13.9. The predicted molar refractivity (Wildman–Crippen MR) is 96.1 cm³/mol. The first-order valence-electron chi connectivity index (χ1n) is 8.96. The molecule has 7 nitrogen and oxygen atoms in total. The highest BCUT2D eigenvalue weighted by molar-refractivity contribution is 5.99. The van der Waals surface area contributed by atoms with Gasteiger partial charge < -0.3 is 20.3 Å². The number of aliphatic carboxylic acids is 1. The van der Waals surface area contributed by atoms with Crippen molar-refractivity contribution >= 4 is 22.8 Å². The third kappa shape index (κ3) is 2.90. The molecule has 0 bridgehead atoms. The first-order chi connectivity index (χ1) is 12.9. The second kappa shape index (κ2) is 6.45. The normalized spacial score (nSPS) is 21.7. The number of nitrogens with one attached hydrogen (secondary N) is 2. The topological polar surface area (TPSA) is 102 Å². The van der Waals surface area contributed by atoms with E-state index in [4.69, 9.17) is 0 Å². The molecule has 3 heterocycles. The minimum absolute atomic E-state index is 0.0325. The highest BCUT2D eigenvalue weighted by atomic mass is 19.1. The number of likely N-dealkylation sites (tertiary alicyclic amines) is 1. The molecule has 1 spiro atoms. The van der Waals surface area contributed by atoms with Crippen LogP contribution < -0.4 is 10.7 Å². The van der Waals surface area contributed by atoms with Crippen LogP contribution in [0.1, 0.15) is 29.6 Å². The van der Waals surface area contributed by atoms with Crippen LogP contribution in [0.2, 0.25) is 0 Å². The number of hydrogen-bond donors (Lipinski definition) is 3. The van der Waals surface area contributed by atoms with Crippen molar-refractivity contribution in [2.45, 2.75) is 25.3 Å². The Hall–Kier alpha value is -2.74. The van der Waals surface area contributed by atoms with E-state index < -0.39 is 29.2 Å². The zero-order chi connectivity index (χ0) is 19.2. The van der Waals surface area contributed by atoms with Crippen LogP contribution in [0.3, 0.4) is 0 Å². The zero-order valence-electron chi connectivity index (χ0n) is 14.6. The van der Waals surface area contributed by atoms with Gasteiger partial charge in [-0.3, -0.25) is 9.59 Å². The molecule has 2 saturated heterocycles. The molecule has 0 saturated carbocycles. The quantitative estimate of drug-likeness (QED) is 0.737. The number of carboxylic acid groups (broad SMARTS) is 1. The molecule has 1 aromatic heterocycles. The van der Waals surface area contributed by atoms with E-state index in [0.29, 0.717) is 13.0 Å². The van der Waals surface area contributed by atoms with Crippen molar-refractivity contribution in [2.24, 2.45) is 5.41 Å². The number of pyridine rings is 1. The minimum atomic E-state index is -1.07. The van der Waals surface area contributed by atoms with Crippen LogP contribution in [0.25, 0.3) is 10.9 Å². The maximum Gasteiger partial charge on any atom is 0.326 e. The Morgan fingerprint density at radius 2 is 2.00 bits per heavy atom. The van der Waals surface area contributed by atoms with Gasteiger partial charge in [-0.25, -0.2) is 9.18 Å². The summed E-state index contributed by atoms with van der Waals surface area (Å²) in [7, 11) is 0. The molecule has 1 amide bonds. The molecule has 0 aliphatic carbocycles. The first kappa shape index (κ1) is 17.7. The molecule has 2 aliphatic rings. The number of carbonyl (C=O) groups excluding carboxylic acids is 1. The van der Waals surface area contributed by atoms with E-state index in [1.807, 2.05) is 0 Å². The number of aromatic nitrogens is 1. The number of carbonyl (C=O) groups is 2. The van der Waals surface area contributed by atoms with Crippen LogP contribution in [0.5, 0.6) is 0 Å². The average Bonchev–Trinajstić information content (AvgIpc) is 3.02. The molecular formula is C19H20FN3O4. The lowest BCUT2D eigenvalue weighted by molar-refractivity contribution is -0.141. The summed E-state index contributed by atoms with van der Waals surface area (Å²) in [5.41, 5.74) is -0.960. The molecule has 0 unspecified atom stereocenters. The summed E-state index contributed by atoms with van der Waals surface area (Å²) >= 11 is 0. The van der Waals surface area contributed by atoms with Crippen LogP contribution in [0, 0.1) is 11.2 Å². The monoisotopic (exact) mass is 373 g/mol. The Kier molecular flexibility index (Phi) is 4.22. The second-order valence-corrected chi connectivity index (χ2v) is 7.44. The number of H-pyrrole nitrogens is 1. The maximum absolute atomic E-state index is 13.9. The van der Waals surface area contributed by atoms with E-state index >= 15 is 0 Å².